The molecule has 1 unspecified atom stereocenters. The average Bonchev–Trinajstić information content (AvgIpc) is 2.63. The van der Waals surface area contributed by atoms with Gasteiger partial charge in [-0.25, -0.2) is 18.7 Å². The summed E-state index contributed by atoms with van der Waals surface area (Å²) in [5.41, 5.74) is 2.18. The van der Waals surface area contributed by atoms with E-state index in [0.717, 1.165) is 15.6 Å². The molecule has 0 aromatic heterocycles. The van der Waals surface area contributed by atoms with Gasteiger partial charge in [-0.05, 0) is 65.8 Å². The summed E-state index contributed by atoms with van der Waals surface area (Å²) in [4.78, 5) is 17.2. The third kappa shape index (κ3) is 5.58. The maximum atomic E-state index is 14.4. The van der Waals surface area contributed by atoms with E-state index in [0.29, 0.717) is 18.2 Å². The molecule has 0 spiro atoms. The second-order valence-corrected chi connectivity index (χ2v) is 7.42. The Morgan fingerprint density at radius 2 is 1.96 bits per heavy atom. The van der Waals surface area contributed by atoms with Gasteiger partial charge in [-0.3, -0.25) is 9.63 Å². The van der Waals surface area contributed by atoms with Crippen molar-refractivity contribution in [1.29, 1.82) is 0 Å². The number of carbonyl (C=O) groups is 1. The van der Waals surface area contributed by atoms with Crippen LogP contribution >= 0.6 is 22.6 Å². The zero-order valence-corrected chi connectivity index (χ0v) is 17.4. The average molecular weight is 508 g/mol. The van der Waals surface area contributed by atoms with Gasteiger partial charge in [0.1, 0.15) is 6.61 Å². The van der Waals surface area contributed by atoms with E-state index in [1.807, 2.05) is 12.4 Å². The van der Waals surface area contributed by atoms with Crippen LogP contribution in [0.2, 0.25) is 0 Å². The fourth-order valence-electron chi connectivity index (χ4n) is 2.47. The quantitative estimate of drug-likeness (QED) is 0.278. The van der Waals surface area contributed by atoms with Gasteiger partial charge in [-0.2, -0.15) is 0 Å². The molecule has 0 aliphatic rings. The van der Waals surface area contributed by atoms with E-state index < -0.39 is 40.7 Å². The first-order valence-electron chi connectivity index (χ1n) is 8.55. The monoisotopic (exact) mass is 508 g/mol. The minimum Gasteiger partial charge on any atom is -0.391 e. The van der Waals surface area contributed by atoms with E-state index in [-0.39, 0.29) is 6.61 Å². The topological polar surface area (TPSA) is 70.6 Å². The van der Waals surface area contributed by atoms with Gasteiger partial charge in [-0.1, -0.05) is 13.3 Å². The molecule has 28 heavy (non-hydrogen) atoms. The van der Waals surface area contributed by atoms with Crippen molar-refractivity contribution in [2.45, 2.75) is 32.8 Å². The number of rotatable bonds is 8. The van der Waals surface area contributed by atoms with Crippen LogP contribution in [0.1, 0.15) is 35.7 Å². The number of hydrogen-bond acceptors (Lipinski definition) is 4. The van der Waals surface area contributed by atoms with E-state index in [1.54, 1.807) is 25.1 Å². The first kappa shape index (κ1) is 22.4. The largest absolute Gasteiger partial charge is 0.391 e. The second kappa shape index (κ2) is 10.1. The molecule has 0 aliphatic carbocycles. The van der Waals surface area contributed by atoms with Crippen LogP contribution in [-0.2, 0) is 4.84 Å². The van der Waals surface area contributed by atoms with Gasteiger partial charge in [0.2, 0.25) is 0 Å². The summed E-state index contributed by atoms with van der Waals surface area (Å²) in [6, 6.07) is 5.77. The molecule has 1 amide bonds. The first-order chi connectivity index (χ1) is 13.2. The van der Waals surface area contributed by atoms with E-state index >= 15 is 0 Å². The fraction of sp³-hybridized carbons (Fsp3) is 0.316. The molecular weight excluding hydrogens is 488 g/mol. The Bertz CT molecular complexity index is 865. The van der Waals surface area contributed by atoms with Crippen LogP contribution < -0.4 is 10.8 Å². The van der Waals surface area contributed by atoms with Crippen LogP contribution in [-0.4, -0.2) is 23.7 Å². The summed E-state index contributed by atoms with van der Waals surface area (Å²) in [7, 11) is 0. The van der Waals surface area contributed by atoms with E-state index in [4.69, 9.17) is 4.84 Å². The predicted octanol–water partition coefficient (Wildman–Crippen LogP) is 4.58. The third-order valence-corrected chi connectivity index (χ3v) is 4.59. The number of aliphatic hydroxyl groups is 1. The summed E-state index contributed by atoms with van der Waals surface area (Å²) in [6.07, 6.45) is 0.393. The Kier molecular flexibility index (Phi) is 8.08. The van der Waals surface area contributed by atoms with Crippen molar-refractivity contribution in [3.63, 3.8) is 0 Å². The standard InChI is InChI=1S/C19H20F3IN2O3/c1-3-4-12(26)9-28-25-19(27)13-8-14(20)16(21)17(22)18(13)24-15-6-5-11(23)7-10(15)2/h5-8,12,24,26H,3-4,9H2,1-2H3,(H,25,27). The molecule has 3 N–H and O–H groups in total. The van der Waals surface area contributed by atoms with Gasteiger partial charge >= 0.3 is 0 Å². The predicted molar refractivity (Wildman–Crippen MR) is 108 cm³/mol. The minimum absolute atomic E-state index is 0.190. The number of amides is 1. The van der Waals surface area contributed by atoms with Crippen LogP contribution in [0.15, 0.2) is 24.3 Å². The Morgan fingerprint density at radius 3 is 2.61 bits per heavy atom. The highest BCUT2D eigenvalue weighted by Gasteiger charge is 2.24. The van der Waals surface area contributed by atoms with E-state index in [9.17, 15) is 23.1 Å². The normalized spacial score (nSPS) is 12.0. The molecule has 5 nitrogen and oxygen atoms in total. The molecular formula is C19H20F3IN2O3. The summed E-state index contributed by atoms with van der Waals surface area (Å²) in [6.45, 7) is 3.43. The number of nitrogens with one attached hydrogen (secondary N) is 2. The zero-order valence-electron chi connectivity index (χ0n) is 15.3. The van der Waals surface area contributed by atoms with Crippen LogP contribution in [0.25, 0.3) is 0 Å². The molecule has 9 heteroatoms. The number of halogens is 4. The molecule has 0 saturated heterocycles. The molecule has 0 heterocycles. The van der Waals surface area contributed by atoms with Crippen LogP contribution in [0, 0.1) is 27.9 Å². The van der Waals surface area contributed by atoms with Crippen molar-refractivity contribution in [2.75, 3.05) is 11.9 Å². The van der Waals surface area contributed by atoms with Crippen molar-refractivity contribution >= 4 is 39.9 Å². The van der Waals surface area contributed by atoms with Crippen molar-refractivity contribution in [3.05, 3.63) is 56.4 Å². The summed E-state index contributed by atoms with van der Waals surface area (Å²) in [5.74, 6) is -5.69. The molecule has 0 radical (unpaired) electrons. The molecule has 152 valence electrons. The lowest BCUT2D eigenvalue weighted by Gasteiger charge is -2.16. The lowest BCUT2D eigenvalue weighted by molar-refractivity contribution is -0.0149. The highest BCUT2D eigenvalue weighted by Crippen LogP contribution is 2.30. The van der Waals surface area contributed by atoms with Gasteiger partial charge in [0.05, 0.1) is 17.4 Å². The van der Waals surface area contributed by atoms with Crippen LogP contribution in [0.4, 0.5) is 24.5 Å². The summed E-state index contributed by atoms with van der Waals surface area (Å²) in [5, 5.41) is 12.3. The van der Waals surface area contributed by atoms with Crippen molar-refractivity contribution in [2.24, 2.45) is 0 Å². The second-order valence-electron chi connectivity index (χ2n) is 6.18. The lowest BCUT2D eigenvalue weighted by atomic mass is 10.1. The van der Waals surface area contributed by atoms with Gasteiger partial charge in [0.15, 0.2) is 17.5 Å². The Morgan fingerprint density at radius 1 is 1.25 bits per heavy atom. The summed E-state index contributed by atoms with van der Waals surface area (Å²) >= 11 is 2.10. The van der Waals surface area contributed by atoms with Gasteiger partial charge in [0.25, 0.3) is 5.91 Å². The molecule has 0 bridgehead atoms. The number of aliphatic hydroxyl groups excluding tert-OH is 1. The van der Waals surface area contributed by atoms with E-state index in [1.165, 1.54) is 0 Å². The number of anilines is 2. The Labute approximate surface area is 174 Å². The van der Waals surface area contributed by atoms with Gasteiger partial charge in [0, 0.05) is 9.26 Å². The maximum absolute atomic E-state index is 14.4. The lowest BCUT2D eigenvalue weighted by Crippen LogP contribution is -2.29. The highest BCUT2D eigenvalue weighted by molar-refractivity contribution is 14.1. The fourth-order valence-corrected chi connectivity index (χ4v) is 3.12. The Balaban J connectivity index is 2.29. The van der Waals surface area contributed by atoms with Crippen molar-refractivity contribution < 1.29 is 27.9 Å². The van der Waals surface area contributed by atoms with Gasteiger partial charge in [-0.15, -0.1) is 0 Å². The molecule has 0 fully saturated rings. The molecule has 2 rings (SSSR count). The number of hydroxylamine groups is 1. The number of hydrogen-bond donors (Lipinski definition) is 3. The van der Waals surface area contributed by atoms with Crippen molar-refractivity contribution in [3.8, 4) is 0 Å². The summed E-state index contributed by atoms with van der Waals surface area (Å²) < 4.78 is 42.8. The minimum atomic E-state index is -1.69. The molecule has 1 atom stereocenters. The van der Waals surface area contributed by atoms with Crippen LogP contribution in [0.3, 0.4) is 0 Å². The Hall–Kier alpha value is -1.85. The third-order valence-electron chi connectivity index (χ3n) is 3.92. The maximum Gasteiger partial charge on any atom is 0.277 e. The molecule has 2 aromatic rings. The van der Waals surface area contributed by atoms with E-state index in [2.05, 4.69) is 27.9 Å². The molecule has 0 aliphatic heterocycles. The molecule has 2 aromatic carbocycles. The zero-order chi connectivity index (χ0) is 20.8. The molecule has 0 saturated carbocycles. The van der Waals surface area contributed by atoms with Crippen LogP contribution in [0.5, 0.6) is 0 Å². The van der Waals surface area contributed by atoms with Crippen molar-refractivity contribution in [1.82, 2.24) is 5.48 Å². The first-order valence-corrected chi connectivity index (χ1v) is 9.63. The number of aryl methyl sites for hydroxylation is 1. The SMILES string of the molecule is CCCC(O)CONC(=O)c1cc(F)c(F)c(F)c1Nc1ccc(I)cc1C. The smallest absolute Gasteiger partial charge is 0.277 e. The highest BCUT2D eigenvalue weighted by atomic mass is 127. The number of carbonyl (C=O) groups excluding carboxylic acids is 1. The van der Waals surface area contributed by atoms with Gasteiger partial charge < -0.3 is 10.4 Å². The number of benzene rings is 2.